The number of benzene rings is 3. The van der Waals surface area contributed by atoms with Crippen molar-refractivity contribution in [3.63, 3.8) is 0 Å². The predicted molar refractivity (Wildman–Crippen MR) is 84.1 cm³/mol. The third kappa shape index (κ3) is 2.13. The van der Waals surface area contributed by atoms with Gasteiger partial charge in [0.1, 0.15) is 0 Å². The first-order chi connectivity index (χ1) is 10.4. The fraction of sp³-hybridized carbons (Fsp3) is 0.0556. The lowest BCUT2D eigenvalue weighted by Gasteiger charge is -2.11. The Bertz CT molecular complexity index is 863. The molecule has 0 atom stereocenters. The zero-order valence-corrected chi connectivity index (χ0v) is 11.4. The molecular formula is C18H13N3. The summed E-state index contributed by atoms with van der Waals surface area (Å²) in [7, 11) is 0. The first kappa shape index (κ1) is 12.0. The summed E-state index contributed by atoms with van der Waals surface area (Å²) in [5.41, 5.74) is 2.23. The van der Waals surface area contributed by atoms with E-state index in [4.69, 9.17) is 0 Å². The van der Waals surface area contributed by atoms with Gasteiger partial charge in [-0.1, -0.05) is 48.5 Å². The molecule has 0 amide bonds. The number of hydrogen-bond acceptors (Lipinski definition) is 3. The largest absolute Gasteiger partial charge is 0.139 e. The molecule has 4 rings (SSSR count). The van der Waals surface area contributed by atoms with Crippen LogP contribution in [0.1, 0.15) is 11.3 Å². The molecule has 0 fully saturated rings. The molecule has 1 heterocycles. The van der Waals surface area contributed by atoms with E-state index in [1.54, 1.807) is 6.20 Å². The van der Waals surface area contributed by atoms with E-state index in [-0.39, 0.29) is 0 Å². The summed E-state index contributed by atoms with van der Waals surface area (Å²) in [5, 5.41) is 16.7. The van der Waals surface area contributed by atoms with Crippen molar-refractivity contribution in [1.82, 2.24) is 15.4 Å². The maximum Gasteiger partial charge on any atom is 0.0708 e. The molecule has 0 saturated heterocycles. The van der Waals surface area contributed by atoms with Crippen molar-refractivity contribution in [3.05, 3.63) is 78.1 Å². The molecule has 21 heavy (non-hydrogen) atoms. The monoisotopic (exact) mass is 271 g/mol. The van der Waals surface area contributed by atoms with Crippen LogP contribution in [0, 0.1) is 0 Å². The number of nitrogens with zero attached hydrogens (tertiary/aromatic N) is 3. The Morgan fingerprint density at radius 3 is 2.05 bits per heavy atom. The van der Waals surface area contributed by atoms with Gasteiger partial charge in [-0.05, 0) is 44.5 Å². The zero-order chi connectivity index (χ0) is 14.1. The molecule has 0 N–H and O–H groups in total. The molecule has 100 valence electrons. The third-order valence-corrected chi connectivity index (χ3v) is 3.80. The maximum absolute atomic E-state index is 4.13. The van der Waals surface area contributed by atoms with Crippen molar-refractivity contribution in [2.45, 2.75) is 6.42 Å². The van der Waals surface area contributed by atoms with Crippen molar-refractivity contribution in [1.29, 1.82) is 0 Å². The van der Waals surface area contributed by atoms with Crippen molar-refractivity contribution >= 4 is 21.5 Å². The highest BCUT2D eigenvalue weighted by molar-refractivity contribution is 6.02. The Morgan fingerprint density at radius 1 is 0.762 bits per heavy atom. The molecule has 0 aliphatic carbocycles. The van der Waals surface area contributed by atoms with Crippen molar-refractivity contribution < 1.29 is 0 Å². The fourth-order valence-corrected chi connectivity index (χ4v) is 2.84. The van der Waals surface area contributed by atoms with E-state index >= 15 is 0 Å². The van der Waals surface area contributed by atoms with E-state index in [0.717, 1.165) is 12.1 Å². The highest BCUT2D eigenvalue weighted by atomic mass is 15.3. The molecule has 4 aromatic rings. The smallest absolute Gasteiger partial charge is 0.0708 e. The predicted octanol–water partition coefficient (Wildman–Crippen LogP) is 3.77. The fourth-order valence-electron chi connectivity index (χ4n) is 2.84. The molecule has 0 saturated carbocycles. The van der Waals surface area contributed by atoms with E-state index in [2.05, 4.69) is 70.0 Å². The van der Waals surface area contributed by atoms with E-state index in [1.807, 2.05) is 6.07 Å². The van der Waals surface area contributed by atoms with E-state index < -0.39 is 0 Å². The minimum atomic E-state index is 0.761. The van der Waals surface area contributed by atoms with Gasteiger partial charge in [0, 0.05) is 6.42 Å². The van der Waals surface area contributed by atoms with Crippen LogP contribution < -0.4 is 0 Å². The van der Waals surface area contributed by atoms with Crippen LogP contribution >= 0.6 is 0 Å². The molecule has 3 nitrogen and oxygen atoms in total. The SMILES string of the molecule is c1ccc2c(Cc3ccnnn3)c3ccccc3cc2c1. The molecule has 1 aromatic heterocycles. The van der Waals surface area contributed by atoms with Gasteiger partial charge >= 0.3 is 0 Å². The summed E-state index contributed by atoms with van der Waals surface area (Å²) in [6.07, 6.45) is 2.45. The molecule has 0 radical (unpaired) electrons. The average molecular weight is 271 g/mol. The molecule has 0 bridgehead atoms. The minimum Gasteiger partial charge on any atom is -0.139 e. The quantitative estimate of drug-likeness (QED) is 0.521. The van der Waals surface area contributed by atoms with E-state index in [9.17, 15) is 0 Å². The van der Waals surface area contributed by atoms with Gasteiger partial charge in [0.25, 0.3) is 0 Å². The van der Waals surface area contributed by atoms with Crippen LogP contribution in [0.15, 0.2) is 66.9 Å². The van der Waals surface area contributed by atoms with Crippen LogP contribution in [0.3, 0.4) is 0 Å². The normalized spacial score (nSPS) is 11.0. The van der Waals surface area contributed by atoms with Gasteiger partial charge in [-0.15, -0.1) is 10.2 Å². The zero-order valence-electron chi connectivity index (χ0n) is 11.4. The molecule has 0 spiro atoms. The third-order valence-electron chi connectivity index (χ3n) is 3.80. The first-order valence-electron chi connectivity index (χ1n) is 6.94. The Balaban J connectivity index is 2.02. The van der Waals surface area contributed by atoms with Gasteiger partial charge in [-0.3, -0.25) is 0 Å². The number of fused-ring (bicyclic) bond motifs is 2. The molecule has 0 aliphatic rings. The molecule has 0 aliphatic heterocycles. The highest BCUT2D eigenvalue weighted by Crippen LogP contribution is 2.29. The van der Waals surface area contributed by atoms with Gasteiger partial charge in [0.15, 0.2) is 0 Å². The number of aromatic nitrogens is 3. The van der Waals surface area contributed by atoms with E-state index in [1.165, 1.54) is 27.1 Å². The van der Waals surface area contributed by atoms with Crippen LogP contribution in [0.5, 0.6) is 0 Å². The van der Waals surface area contributed by atoms with Gasteiger partial charge in [0.2, 0.25) is 0 Å². The summed E-state index contributed by atoms with van der Waals surface area (Å²) < 4.78 is 0. The van der Waals surface area contributed by atoms with E-state index in [0.29, 0.717) is 0 Å². The maximum atomic E-state index is 4.13. The Morgan fingerprint density at radius 2 is 1.43 bits per heavy atom. The summed E-state index contributed by atoms with van der Waals surface area (Å²) in [4.78, 5) is 0. The average Bonchev–Trinajstić information content (AvgIpc) is 2.55. The van der Waals surface area contributed by atoms with Gasteiger partial charge < -0.3 is 0 Å². The van der Waals surface area contributed by atoms with Crippen LogP contribution in [-0.2, 0) is 6.42 Å². The molecule has 3 aromatic carbocycles. The van der Waals surface area contributed by atoms with Gasteiger partial charge in [-0.2, -0.15) is 0 Å². The van der Waals surface area contributed by atoms with Crippen molar-refractivity contribution in [2.75, 3.05) is 0 Å². The Hall–Kier alpha value is -2.81. The summed E-state index contributed by atoms with van der Waals surface area (Å²) >= 11 is 0. The topological polar surface area (TPSA) is 38.7 Å². The van der Waals surface area contributed by atoms with Crippen LogP contribution in [0.2, 0.25) is 0 Å². The lowest BCUT2D eigenvalue weighted by atomic mass is 9.94. The summed E-state index contributed by atoms with van der Waals surface area (Å²) in [6.45, 7) is 0. The van der Waals surface area contributed by atoms with Crippen LogP contribution in [0.25, 0.3) is 21.5 Å². The van der Waals surface area contributed by atoms with Gasteiger partial charge in [-0.25, -0.2) is 0 Å². The lowest BCUT2D eigenvalue weighted by Crippen LogP contribution is -1.97. The Labute approximate surface area is 122 Å². The standard InChI is InChI=1S/C18H13N3/c1-3-7-16-13(5-1)11-14-6-2-4-8-17(14)18(16)12-15-9-10-19-21-20-15/h1-11H,12H2. The number of rotatable bonds is 2. The number of hydrogen-bond donors (Lipinski definition) is 0. The first-order valence-corrected chi connectivity index (χ1v) is 6.94. The van der Waals surface area contributed by atoms with Crippen molar-refractivity contribution in [2.24, 2.45) is 0 Å². The second-order valence-electron chi connectivity index (χ2n) is 5.09. The minimum absolute atomic E-state index is 0.761. The van der Waals surface area contributed by atoms with Crippen LogP contribution in [-0.4, -0.2) is 15.4 Å². The molecule has 0 unspecified atom stereocenters. The highest BCUT2D eigenvalue weighted by Gasteiger charge is 2.08. The lowest BCUT2D eigenvalue weighted by molar-refractivity contribution is 0.822. The second kappa shape index (κ2) is 4.94. The van der Waals surface area contributed by atoms with Crippen LogP contribution in [0.4, 0.5) is 0 Å². The Kier molecular flexibility index (Phi) is 2.82. The summed E-state index contributed by atoms with van der Waals surface area (Å²) in [6, 6.07) is 21.1. The second-order valence-corrected chi connectivity index (χ2v) is 5.09. The van der Waals surface area contributed by atoms with Crippen molar-refractivity contribution in [3.8, 4) is 0 Å². The van der Waals surface area contributed by atoms with Gasteiger partial charge in [0.05, 0.1) is 11.9 Å². The summed E-state index contributed by atoms with van der Waals surface area (Å²) in [5.74, 6) is 0. The molecular weight excluding hydrogens is 258 g/mol. The molecule has 3 heteroatoms.